The number of aliphatic hydroxyl groups is 1. The van der Waals surface area contributed by atoms with Crippen LogP contribution in [-0.4, -0.2) is 42.4 Å². The van der Waals surface area contributed by atoms with Crippen molar-refractivity contribution >= 4 is 0 Å². The van der Waals surface area contributed by atoms with Gasteiger partial charge in [-0.05, 0) is 26.7 Å². The van der Waals surface area contributed by atoms with Crippen molar-refractivity contribution in [2.24, 2.45) is 0 Å². The molecule has 0 saturated carbocycles. The van der Waals surface area contributed by atoms with Crippen LogP contribution >= 0.6 is 0 Å². The van der Waals surface area contributed by atoms with Crippen molar-refractivity contribution in [1.29, 1.82) is 0 Å². The Morgan fingerprint density at radius 1 is 0.625 bits per heavy atom. The lowest BCUT2D eigenvalue weighted by Gasteiger charge is -2.43. The molecule has 0 radical (unpaired) electrons. The fourth-order valence-electron chi connectivity index (χ4n) is 3.20. The second kappa shape index (κ2) is 14.1. The SMILES string of the molecule is CCCCCCCCCCCCCCCC[N+](C)(C)C(C)(C)CO. The first-order valence-electron chi connectivity index (χ1n) is 10.8. The van der Waals surface area contributed by atoms with Crippen molar-refractivity contribution in [2.75, 3.05) is 27.2 Å². The summed E-state index contributed by atoms with van der Waals surface area (Å²) >= 11 is 0. The van der Waals surface area contributed by atoms with Gasteiger partial charge in [-0.25, -0.2) is 0 Å². The van der Waals surface area contributed by atoms with Gasteiger partial charge in [0.15, 0.2) is 0 Å². The average Bonchev–Trinajstić information content (AvgIpc) is 2.55. The Labute approximate surface area is 153 Å². The molecule has 0 aromatic heterocycles. The molecule has 0 spiro atoms. The maximum atomic E-state index is 9.53. The number of nitrogens with zero attached hydrogens (tertiary/aromatic N) is 1. The van der Waals surface area contributed by atoms with E-state index in [2.05, 4.69) is 34.9 Å². The minimum Gasteiger partial charge on any atom is -0.390 e. The zero-order valence-corrected chi connectivity index (χ0v) is 17.7. The molecule has 0 heterocycles. The third-order valence-corrected chi connectivity index (χ3v) is 6.10. The maximum Gasteiger partial charge on any atom is 0.116 e. The summed E-state index contributed by atoms with van der Waals surface area (Å²) in [6, 6.07) is 0. The molecule has 2 nitrogen and oxygen atoms in total. The van der Waals surface area contributed by atoms with Gasteiger partial charge < -0.3 is 9.59 Å². The van der Waals surface area contributed by atoms with Gasteiger partial charge >= 0.3 is 0 Å². The normalized spacial score (nSPS) is 12.8. The van der Waals surface area contributed by atoms with Gasteiger partial charge in [0.05, 0.1) is 27.2 Å². The number of quaternary nitrogens is 1. The molecule has 0 fully saturated rings. The summed E-state index contributed by atoms with van der Waals surface area (Å²) in [5, 5.41) is 9.53. The highest BCUT2D eigenvalue weighted by atomic mass is 16.3. The lowest BCUT2D eigenvalue weighted by molar-refractivity contribution is -0.938. The minimum atomic E-state index is -0.0312. The van der Waals surface area contributed by atoms with Gasteiger partial charge in [-0.1, -0.05) is 84.0 Å². The van der Waals surface area contributed by atoms with Crippen LogP contribution in [0.5, 0.6) is 0 Å². The number of aliphatic hydroxyl groups excluding tert-OH is 1. The van der Waals surface area contributed by atoms with Crippen LogP contribution in [0.1, 0.15) is 111 Å². The van der Waals surface area contributed by atoms with E-state index >= 15 is 0 Å². The molecule has 0 aromatic carbocycles. The van der Waals surface area contributed by atoms with Crippen LogP contribution in [0.2, 0.25) is 0 Å². The molecule has 0 saturated heterocycles. The van der Waals surface area contributed by atoms with Crippen molar-refractivity contribution in [1.82, 2.24) is 0 Å². The lowest BCUT2D eigenvalue weighted by Crippen LogP contribution is -2.58. The molecule has 0 atom stereocenters. The first kappa shape index (κ1) is 23.9. The van der Waals surface area contributed by atoms with Gasteiger partial charge in [0.25, 0.3) is 0 Å². The van der Waals surface area contributed by atoms with E-state index in [4.69, 9.17) is 0 Å². The highest BCUT2D eigenvalue weighted by molar-refractivity contribution is 4.67. The standard InChI is InChI=1S/C22H48NO/c1-6-7-8-9-10-11-12-13-14-15-16-17-18-19-20-23(4,5)22(2,3)21-24/h24H,6-21H2,1-5H3/q+1. The van der Waals surface area contributed by atoms with Crippen molar-refractivity contribution in [3.63, 3.8) is 0 Å². The first-order valence-corrected chi connectivity index (χ1v) is 10.8. The molecule has 0 amide bonds. The summed E-state index contributed by atoms with van der Waals surface area (Å²) < 4.78 is 0.918. The molecule has 146 valence electrons. The average molecular weight is 343 g/mol. The van der Waals surface area contributed by atoms with E-state index in [0.717, 1.165) is 4.48 Å². The van der Waals surface area contributed by atoms with E-state index in [1.807, 2.05) is 0 Å². The molecule has 0 aliphatic heterocycles. The third-order valence-electron chi connectivity index (χ3n) is 6.10. The molecular formula is C22H48NO+. The Morgan fingerprint density at radius 3 is 1.29 bits per heavy atom. The van der Waals surface area contributed by atoms with Crippen LogP contribution in [0.15, 0.2) is 0 Å². The molecule has 0 rings (SSSR count). The molecule has 0 aliphatic rings. The summed E-state index contributed by atoms with van der Waals surface area (Å²) in [7, 11) is 4.50. The molecule has 1 N–H and O–H groups in total. The van der Waals surface area contributed by atoms with Gasteiger partial charge in [0.2, 0.25) is 0 Å². The summed E-state index contributed by atoms with van der Waals surface area (Å²) in [6.07, 6.45) is 19.8. The van der Waals surface area contributed by atoms with Gasteiger partial charge in [-0.15, -0.1) is 0 Å². The maximum absolute atomic E-state index is 9.53. The summed E-state index contributed by atoms with van der Waals surface area (Å²) in [4.78, 5) is 0. The molecular weight excluding hydrogens is 294 g/mol. The third kappa shape index (κ3) is 11.5. The van der Waals surface area contributed by atoms with E-state index in [-0.39, 0.29) is 12.1 Å². The zero-order valence-electron chi connectivity index (χ0n) is 17.7. The number of hydrogen-bond donors (Lipinski definition) is 1. The molecule has 0 aromatic rings. The van der Waals surface area contributed by atoms with E-state index in [0.29, 0.717) is 0 Å². The van der Waals surface area contributed by atoms with Gasteiger partial charge in [0.1, 0.15) is 5.54 Å². The molecule has 0 aliphatic carbocycles. The van der Waals surface area contributed by atoms with Crippen LogP contribution in [0.3, 0.4) is 0 Å². The highest BCUT2D eigenvalue weighted by Crippen LogP contribution is 2.21. The van der Waals surface area contributed by atoms with E-state index in [1.165, 1.54) is 96.4 Å². The predicted octanol–water partition coefficient (Wildman–Crippen LogP) is 6.32. The first-order chi connectivity index (χ1) is 11.4. The smallest absolute Gasteiger partial charge is 0.116 e. The Kier molecular flexibility index (Phi) is 14.1. The summed E-state index contributed by atoms with van der Waals surface area (Å²) in [5.41, 5.74) is -0.0312. The van der Waals surface area contributed by atoms with Crippen LogP contribution in [0, 0.1) is 0 Å². The highest BCUT2D eigenvalue weighted by Gasteiger charge is 2.35. The molecule has 0 unspecified atom stereocenters. The Balaban J connectivity index is 3.34. The fraction of sp³-hybridized carbons (Fsp3) is 1.00. The summed E-state index contributed by atoms with van der Waals surface area (Å²) in [5.74, 6) is 0. The van der Waals surface area contributed by atoms with Gasteiger partial charge in [-0.3, -0.25) is 0 Å². The number of hydrogen-bond acceptors (Lipinski definition) is 1. The lowest BCUT2D eigenvalue weighted by atomic mass is 10.0. The predicted molar refractivity (Wildman–Crippen MR) is 108 cm³/mol. The number of likely N-dealkylation sites (N-methyl/N-ethyl adjacent to an activating group) is 1. The molecule has 24 heavy (non-hydrogen) atoms. The van der Waals surface area contributed by atoms with Gasteiger partial charge in [-0.2, -0.15) is 0 Å². The van der Waals surface area contributed by atoms with Crippen LogP contribution < -0.4 is 0 Å². The van der Waals surface area contributed by atoms with Crippen molar-refractivity contribution < 1.29 is 9.59 Å². The molecule has 2 heteroatoms. The Hall–Kier alpha value is -0.0800. The quantitative estimate of drug-likeness (QED) is 0.242. The van der Waals surface area contributed by atoms with E-state index < -0.39 is 0 Å². The second-order valence-electron chi connectivity index (χ2n) is 8.98. The number of unbranched alkanes of at least 4 members (excludes halogenated alkanes) is 13. The van der Waals surface area contributed by atoms with Crippen LogP contribution in [0.25, 0.3) is 0 Å². The topological polar surface area (TPSA) is 20.2 Å². The van der Waals surface area contributed by atoms with Crippen molar-refractivity contribution in [2.45, 2.75) is 116 Å². The van der Waals surface area contributed by atoms with Crippen molar-refractivity contribution in [3.8, 4) is 0 Å². The van der Waals surface area contributed by atoms with E-state index in [1.54, 1.807) is 0 Å². The Morgan fingerprint density at radius 2 is 0.958 bits per heavy atom. The van der Waals surface area contributed by atoms with Crippen LogP contribution in [-0.2, 0) is 0 Å². The summed E-state index contributed by atoms with van der Waals surface area (Å²) in [6.45, 7) is 8.05. The van der Waals surface area contributed by atoms with Crippen molar-refractivity contribution in [3.05, 3.63) is 0 Å². The monoisotopic (exact) mass is 342 g/mol. The molecule has 0 bridgehead atoms. The number of rotatable bonds is 17. The Bertz CT molecular complexity index is 273. The van der Waals surface area contributed by atoms with Gasteiger partial charge in [0, 0.05) is 0 Å². The second-order valence-corrected chi connectivity index (χ2v) is 8.98. The van der Waals surface area contributed by atoms with E-state index in [9.17, 15) is 5.11 Å². The minimum absolute atomic E-state index is 0.0312. The van der Waals surface area contributed by atoms with Crippen LogP contribution in [0.4, 0.5) is 0 Å². The largest absolute Gasteiger partial charge is 0.390 e. The zero-order chi connectivity index (χ0) is 18.3. The fourth-order valence-corrected chi connectivity index (χ4v) is 3.20.